The molecule has 0 saturated carbocycles. The van der Waals surface area contributed by atoms with Crippen molar-refractivity contribution < 1.29 is 18.3 Å². The number of carbonyl (C=O) groups excluding carboxylic acids is 1. The number of rotatable bonds is 5. The largest absolute Gasteiger partial charge is 0.507 e. The third-order valence-electron chi connectivity index (χ3n) is 6.79. The summed E-state index contributed by atoms with van der Waals surface area (Å²) in [5, 5.41) is 10.4. The fraction of sp³-hybridized carbons (Fsp3) is 0.320. The van der Waals surface area contributed by atoms with Crippen molar-refractivity contribution in [2.45, 2.75) is 44.6 Å². The molecule has 1 aromatic carbocycles. The van der Waals surface area contributed by atoms with Crippen molar-refractivity contribution in [2.75, 3.05) is 11.4 Å². The molecule has 0 spiro atoms. The van der Waals surface area contributed by atoms with E-state index in [0.717, 1.165) is 18.1 Å². The van der Waals surface area contributed by atoms with E-state index in [2.05, 4.69) is 11.9 Å². The van der Waals surface area contributed by atoms with Gasteiger partial charge in [-0.1, -0.05) is 18.6 Å². The van der Waals surface area contributed by atoms with Crippen LogP contribution in [0.5, 0.6) is 5.75 Å². The molecule has 2 aromatic heterocycles. The number of pyridine rings is 2. The fourth-order valence-corrected chi connectivity index (χ4v) is 5.32. The molecule has 9 nitrogen and oxygen atoms in total. The van der Waals surface area contributed by atoms with E-state index in [0.29, 0.717) is 29.5 Å². The van der Waals surface area contributed by atoms with Crippen LogP contribution < -0.4 is 15.2 Å². The summed E-state index contributed by atoms with van der Waals surface area (Å²) in [5.41, 5.74) is 0.759. The summed E-state index contributed by atoms with van der Waals surface area (Å²) in [6.07, 6.45) is 2.18. The summed E-state index contributed by atoms with van der Waals surface area (Å²) < 4.78 is 27.6. The topological polar surface area (TPSA) is 132 Å². The minimum absolute atomic E-state index is 0.0474. The molecule has 1 atom stereocenters. The van der Waals surface area contributed by atoms with Crippen molar-refractivity contribution in [3.05, 3.63) is 70.1 Å². The monoisotopic (exact) mass is 496 g/mol. The molecule has 184 valence electrons. The lowest BCUT2D eigenvalue weighted by Gasteiger charge is -2.36. The Morgan fingerprint density at radius 2 is 1.97 bits per heavy atom. The lowest BCUT2D eigenvalue weighted by molar-refractivity contribution is 0.0981. The summed E-state index contributed by atoms with van der Waals surface area (Å²) in [6.45, 7) is 8.72. The van der Waals surface area contributed by atoms with Gasteiger partial charge in [-0.05, 0) is 69.5 Å². The molecule has 1 aliphatic rings. The van der Waals surface area contributed by atoms with Crippen LogP contribution in [0, 0.1) is 12.8 Å². The number of H-pyrrole nitrogens is 1. The van der Waals surface area contributed by atoms with Gasteiger partial charge in [0.25, 0.3) is 21.5 Å². The normalized spacial score (nSPS) is 17.4. The number of benzene rings is 1. The second-order valence-corrected chi connectivity index (χ2v) is 11.0. The van der Waals surface area contributed by atoms with Crippen LogP contribution in [0.3, 0.4) is 0 Å². The first-order chi connectivity index (χ1) is 16.4. The summed E-state index contributed by atoms with van der Waals surface area (Å²) in [5.74, 6) is -0.243. The Morgan fingerprint density at radius 1 is 1.23 bits per heavy atom. The second kappa shape index (κ2) is 8.84. The number of aryl methyl sites for hydroxylation is 1. The molecule has 10 heteroatoms. The van der Waals surface area contributed by atoms with Crippen molar-refractivity contribution in [1.82, 2.24) is 14.7 Å². The molecule has 0 aliphatic carbocycles. The van der Waals surface area contributed by atoms with Crippen molar-refractivity contribution >= 4 is 21.7 Å². The van der Waals surface area contributed by atoms with Crippen molar-refractivity contribution in [1.29, 1.82) is 0 Å². The molecule has 3 N–H and O–H groups in total. The molecular weight excluding hydrogens is 468 g/mol. The van der Waals surface area contributed by atoms with E-state index in [1.165, 1.54) is 18.3 Å². The Morgan fingerprint density at radius 3 is 2.63 bits per heavy atom. The van der Waals surface area contributed by atoms with Crippen LogP contribution in [0.25, 0.3) is 11.3 Å². The number of aromatic hydroxyl groups is 1. The molecular formula is C25H28N4O5S. The first kappa shape index (κ1) is 24.5. The van der Waals surface area contributed by atoms with Crippen molar-refractivity contribution in [3.8, 4) is 17.0 Å². The van der Waals surface area contributed by atoms with Gasteiger partial charge in [0.05, 0.1) is 11.3 Å². The molecule has 0 bridgehead atoms. The highest BCUT2D eigenvalue weighted by atomic mass is 32.2. The van der Waals surface area contributed by atoms with Crippen LogP contribution in [0.4, 0.5) is 5.82 Å². The maximum Gasteiger partial charge on any atom is 0.269 e. The van der Waals surface area contributed by atoms with E-state index in [1.54, 1.807) is 24.3 Å². The van der Waals surface area contributed by atoms with Crippen LogP contribution in [0.2, 0.25) is 0 Å². The Bertz CT molecular complexity index is 1460. The highest BCUT2D eigenvalue weighted by molar-refractivity contribution is 7.90. The van der Waals surface area contributed by atoms with Gasteiger partial charge in [0.2, 0.25) is 0 Å². The van der Waals surface area contributed by atoms with Crippen LogP contribution in [-0.4, -0.2) is 41.5 Å². The average molecular weight is 497 g/mol. The quantitative estimate of drug-likeness (QED) is 0.494. The Labute approximate surface area is 203 Å². The van der Waals surface area contributed by atoms with E-state index in [4.69, 9.17) is 4.98 Å². The third-order valence-corrected chi connectivity index (χ3v) is 8.14. The Balaban J connectivity index is 1.82. The van der Waals surface area contributed by atoms with E-state index in [9.17, 15) is 23.1 Å². The Kier molecular flexibility index (Phi) is 6.18. The molecule has 0 radical (unpaired) electrons. The minimum atomic E-state index is -4.42. The number of amides is 1. The molecule has 3 heterocycles. The number of carbonyl (C=O) groups is 1. The number of nitrogens with one attached hydrogen (secondary N) is 2. The highest BCUT2D eigenvalue weighted by Crippen LogP contribution is 2.40. The molecule has 35 heavy (non-hydrogen) atoms. The van der Waals surface area contributed by atoms with Gasteiger partial charge in [-0.2, -0.15) is 0 Å². The lowest BCUT2D eigenvalue weighted by Crippen LogP contribution is -2.44. The number of phenols is 1. The van der Waals surface area contributed by atoms with Gasteiger partial charge >= 0.3 is 0 Å². The van der Waals surface area contributed by atoms with Gasteiger partial charge in [0.1, 0.15) is 11.6 Å². The minimum Gasteiger partial charge on any atom is -0.507 e. The smallest absolute Gasteiger partial charge is 0.269 e. The third kappa shape index (κ3) is 4.53. The van der Waals surface area contributed by atoms with E-state index < -0.39 is 26.4 Å². The number of phenolic OH excluding ortho intramolecular Hbond substituents is 1. The predicted molar refractivity (Wildman–Crippen MR) is 133 cm³/mol. The maximum atomic E-state index is 13.3. The highest BCUT2D eigenvalue weighted by Gasteiger charge is 2.41. The molecule has 1 unspecified atom stereocenters. The molecule has 1 aliphatic heterocycles. The number of anilines is 1. The fourth-order valence-electron chi connectivity index (χ4n) is 4.30. The number of sulfonamides is 1. The van der Waals surface area contributed by atoms with Gasteiger partial charge < -0.3 is 15.0 Å². The first-order valence-corrected chi connectivity index (χ1v) is 12.7. The first-order valence-electron chi connectivity index (χ1n) is 11.3. The zero-order valence-corrected chi connectivity index (χ0v) is 20.8. The second-order valence-electron chi connectivity index (χ2n) is 9.38. The van der Waals surface area contributed by atoms with Gasteiger partial charge in [0.15, 0.2) is 4.90 Å². The summed E-state index contributed by atoms with van der Waals surface area (Å²) in [4.78, 5) is 33.7. The predicted octanol–water partition coefficient (Wildman–Crippen LogP) is 3.19. The van der Waals surface area contributed by atoms with Crippen molar-refractivity contribution in [2.24, 2.45) is 5.92 Å². The molecule has 4 rings (SSSR count). The maximum absolute atomic E-state index is 13.3. The van der Waals surface area contributed by atoms with E-state index in [-0.39, 0.29) is 16.9 Å². The number of aromatic nitrogens is 2. The Hall–Kier alpha value is -3.66. The molecule has 1 saturated heterocycles. The standard InChI is InChI=1S/C25H28N4O5S/c1-15-7-10-20(30)18(14-15)19-9-8-17(22(27-19)29-13-11-16(2)25(29,3)4)23(31)28-35(33,34)21-6-5-12-26-24(21)32/h5-10,12,14,16,30H,11,13H2,1-4H3,(H,26,32)(H,28,31). The number of nitrogens with zero attached hydrogens (tertiary/aromatic N) is 2. The van der Waals surface area contributed by atoms with Crippen LogP contribution in [0.1, 0.15) is 43.1 Å². The number of hydrogen-bond acceptors (Lipinski definition) is 7. The average Bonchev–Trinajstić information content (AvgIpc) is 3.07. The van der Waals surface area contributed by atoms with Gasteiger partial charge in [-0.3, -0.25) is 9.59 Å². The van der Waals surface area contributed by atoms with Crippen LogP contribution in [-0.2, 0) is 10.0 Å². The van der Waals surface area contributed by atoms with E-state index in [1.807, 2.05) is 30.4 Å². The molecule has 1 fully saturated rings. The zero-order valence-electron chi connectivity index (χ0n) is 20.0. The molecule has 3 aromatic rings. The van der Waals surface area contributed by atoms with E-state index >= 15 is 0 Å². The SMILES string of the molecule is Cc1ccc(O)c(-c2ccc(C(=O)NS(=O)(=O)c3ccc[nH]c3=O)c(N3CCC(C)C3(C)C)n2)c1. The van der Waals surface area contributed by atoms with Crippen molar-refractivity contribution in [3.63, 3.8) is 0 Å². The summed E-state index contributed by atoms with van der Waals surface area (Å²) >= 11 is 0. The number of hydrogen-bond donors (Lipinski definition) is 3. The summed E-state index contributed by atoms with van der Waals surface area (Å²) in [6, 6.07) is 10.7. The van der Waals surface area contributed by atoms with Crippen LogP contribution >= 0.6 is 0 Å². The van der Waals surface area contributed by atoms with Gasteiger partial charge in [-0.25, -0.2) is 18.1 Å². The zero-order chi connectivity index (χ0) is 25.5. The number of aromatic amines is 1. The molecule has 1 amide bonds. The van der Waals surface area contributed by atoms with Gasteiger partial charge in [-0.15, -0.1) is 0 Å². The summed E-state index contributed by atoms with van der Waals surface area (Å²) in [7, 11) is -4.42. The lowest BCUT2D eigenvalue weighted by atomic mass is 9.90. The van der Waals surface area contributed by atoms with Gasteiger partial charge in [0, 0.05) is 23.8 Å². The van der Waals surface area contributed by atoms with Crippen LogP contribution in [0.15, 0.2) is 58.4 Å².